The Bertz CT molecular complexity index is 1470. The van der Waals surface area contributed by atoms with Crippen molar-refractivity contribution in [1.29, 1.82) is 0 Å². The third-order valence-corrected chi connectivity index (χ3v) is 9.12. The van der Waals surface area contributed by atoms with Crippen LogP contribution < -0.4 is 9.62 Å². The molecular formula is C30H34Cl2FN3O4S. The van der Waals surface area contributed by atoms with Crippen molar-refractivity contribution in [2.45, 2.75) is 64.1 Å². The van der Waals surface area contributed by atoms with E-state index in [9.17, 15) is 22.4 Å². The lowest BCUT2D eigenvalue weighted by Crippen LogP contribution is -2.53. The summed E-state index contributed by atoms with van der Waals surface area (Å²) in [6.07, 6.45) is 0.963. The number of carbonyl (C=O) groups excluding carboxylic acids is 2. The molecule has 0 aromatic heterocycles. The fraction of sp³-hybridized carbons (Fsp3) is 0.333. The van der Waals surface area contributed by atoms with Gasteiger partial charge in [-0.3, -0.25) is 13.9 Å². The highest BCUT2D eigenvalue weighted by Gasteiger charge is 2.34. The average Bonchev–Trinajstić information content (AvgIpc) is 2.93. The zero-order valence-corrected chi connectivity index (χ0v) is 25.7. The summed E-state index contributed by atoms with van der Waals surface area (Å²) < 4.78 is 42.2. The second-order valence-corrected chi connectivity index (χ2v) is 12.5. The molecule has 0 unspecified atom stereocenters. The Morgan fingerprint density at radius 2 is 1.59 bits per heavy atom. The number of sulfonamides is 1. The van der Waals surface area contributed by atoms with Gasteiger partial charge in [0.25, 0.3) is 10.0 Å². The molecule has 41 heavy (non-hydrogen) atoms. The van der Waals surface area contributed by atoms with Crippen LogP contribution in [0.15, 0.2) is 71.6 Å². The molecule has 3 rings (SSSR count). The van der Waals surface area contributed by atoms with Crippen LogP contribution in [-0.4, -0.2) is 43.8 Å². The summed E-state index contributed by atoms with van der Waals surface area (Å²) in [5.74, 6) is -1.57. The van der Waals surface area contributed by atoms with Crippen molar-refractivity contribution in [3.63, 3.8) is 0 Å². The van der Waals surface area contributed by atoms with Crippen molar-refractivity contribution in [3.05, 3.63) is 93.7 Å². The number of carbonyl (C=O) groups is 2. The maximum absolute atomic E-state index is 14.1. The Kier molecular flexibility index (Phi) is 11.2. The number of nitrogens with zero attached hydrogens (tertiary/aromatic N) is 2. The molecule has 11 heteroatoms. The summed E-state index contributed by atoms with van der Waals surface area (Å²) in [6, 6.07) is 14.8. The minimum absolute atomic E-state index is 0.0560. The largest absolute Gasteiger partial charge is 0.352 e. The van der Waals surface area contributed by atoms with Crippen LogP contribution in [0.4, 0.5) is 10.1 Å². The highest BCUT2D eigenvalue weighted by Crippen LogP contribution is 2.27. The van der Waals surface area contributed by atoms with E-state index in [2.05, 4.69) is 5.32 Å². The summed E-state index contributed by atoms with van der Waals surface area (Å²) in [7, 11) is -4.30. The van der Waals surface area contributed by atoms with E-state index >= 15 is 0 Å². The standard InChI is InChI=1S/C30H34Cl2FN3O4S/c1-5-21(4)34-30(38)28(6-2)35(18-22-9-10-23(31)17-27(22)32)29(37)19-36(25-13-7-20(3)8-14-25)41(39,40)26-15-11-24(33)12-16-26/h7-17,21,28H,5-6,18-19H2,1-4H3,(H,34,38)/t21-,28-/m1/s1. The molecule has 3 aromatic rings. The number of aryl methyl sites for hydroxylation is 1. The number of nitrogens with one attached hydrogen (secondary N) is 1. The molecule has 0 fully saturated rings. The molecular weight excluding hydrogens is 588 g/mol. The molecule has 0 aliphatic rings. The zero-order chi connectivity index (χ0) is 30.3. The summed E-state index contributed by atoms with van der Waals surface area (Å²) in [5.41, 5.74) is 1.68. The zero-order valence-electron chi connectivity index (χ0n) is 23.4. The van der Waals surface area contributed by atoms with Crippen LogP contribution in [0.1, 0.15) is 44.7 Å². The Morgan fingerprint density at radius 1 is 0.951 bits per heavy atom. The van der Waals surface area contributed by atoms with Gasteiger partial charge in [-0.05, 0) is 80.8 Å². The fourth-order valence-corrected chi connectivity index (χ4v) is 6.05. The molecule has 0 saturated heterocycles. The third kappa shape index (κ3) is 8.21. The van der Waals surface area contributed by atoms with Crippen LogP contribution >= 0.6 is 23.2 Å². The van der Waals surface area contributed by atoms with E-state index in [1.54, 1.807) is 49.4 Å². The van der Waals surface area contributed by atoms with Crippen LogP contribution in [-0.2, 0) is 26.2 Å². The second-order valence-electron chi connectivity index (χ2n) is 9.80. The molecule has 7 nitrogen and oxygen atoms in total. The number of anilines is 1. The minimum Gasteiger partial charge on any atom is -0.352 e. The maximum atomic E-state index is 14.1. The smallest absolute Gasteiger partial charge is 0.264 e. The molecule has 0 aliphatic heterocycles. The van der Waals surface area contributed by atoms with Crippen LogP contribution in [0, 0.1) is 12.7 Å². The molecule has 220 valence electrons. The van der Waals surface area contributed by atoms with E-state index in [-0.39, 0.29) is 35.5 Å². The number of hydrogen-bond acceptors (Lipinski definition) is 4. The summed E-state index contributed by atoms with van der Waals surface area (Å²) in [5, 5.41) is 3.64. The average molecular weight is 623 g/mol. The van der Waals surface area contributed by atoms with Crippen LogP contribution in [0.3, 0.4) is 0 Å². The lowest BCUT2D eigenvalue weighted by atomic mass is 10.1. The van der Waals surface area contributed by atoms with Gasteiger partial charge >= 0.3 is 0 Å². The third-order valence-electron chi connectivity index (χ3n) is 6.75. The summed E-state index contributed by atoms with van der Waals surface area (Å²) >= 11 is 12.5. The van der Waals surface area contributed by atoms with Crippen LogP contribution in [0.2, 0.25) is 10.0 Å². The topological polar surface area (TPSA) is 86.8 Å². The molecule has 0 heterocycles. The first-order valence-electron chi connectivity index (χ1n) is 13.3. The summed E-state index contributed by atoms with van der Waals surface area (Å²) in [6.45, 7) is 6.76. The quantitative estimate of drug-likeness (QED) is 0.255. The first-order chi connectivity index (χ1) is 19.4. The SMILES string of the molecule is CC[C@@H](C)NC(=O)[C@@H](CC)N(Cc1ccc(Cl)cc1Cl)C(=O)CN(c1ccc(C)cc1)S(=O)(=O)c1ccc(F)cc1. The van der Waals surface area contributed by atoms with Gasteiger partial charge in [0.1, 0.15) is 18.4 Å². The van der Waals surface area contributed by atoms with Gasteiger partial charge in [-0.2, -0.15) is 0 Å². The Hall–Kier alpha value is -3.14. The molecule has 2 atom stereocenters. The van der Waals surface area contributed by atoms with E-state index in [0.29, 0.717) is 22.0 Å². The van der Waals surface area contributed by atoms with E-state index < -0.39 is 34.3 Å². The van der Waals surface area contributed by atoms with E-state index in [4.69, 9.17) is 23.2 Å². The van der Waals surface area contributed by atoms with Crippen molar-refractivity contribution < 1.29 is 22.4 Å². The molecule has 1 N–H and O–H groups in total. The highest BCUT2D eigenvalue weighted by molar-refractivity contribution is 7.92. The lowest BCUT2D eigenvalue weighted by Gasteiger charge is -2.34. The van der Waals surface area contributed by atoms with Gasteiger partial charge in [-0.25, -0.2) is 12.8 Å². The second kappa shape index (κ2) is 14.2. The Labute approximate surface area is 251 Å². The van der Waals surface area contributed by atoms with E-state index in [1.807, 2.05) is 20.8 Å². The first-order valence-corrected chi connectivity index (χ1v) is 15.5. The van der Waals surface area contributed by atoms with Gasteiger partial charge in [0.2, 0.25) is 11.8 Å². The van der Waals surface area contributed by atoms with E-state index in [0.717, 1.165) is 34.1 Å². The summed E-state index contributed by atoms with van der Waals surface area (Å²) in [4.78, 5) is 28.6. The van der Waals surface area contributed by atoms with Crippen molar-refractivity contribution in [1.82, 2.24) is 10.2 Å². The van der Waals surface area contributed by atoms with Crippen molar-refractivity contribution in [2.24, 2.45) is 0 Å². The van der Waals surface area contributed by atoms with Crippen molar-refractivity contribution >= 4 is 50.7 Å². The number of benzene rings is 3. The van der Waals surface area contributed by atoms with Crippen LogP contribution in [0.5, 0.6) is 0 Å². The number of amides is 2. The molecule has 0 spiro atoms. The molecule has 0 saturated carbocycles. The van der Waals surface area contributed by atoms with Gasteiger partial charge < -0.3 is 10.2 Å². The number of rotatable bonds is 12. The monoisotopic (exact) mass is 621 g/mol. The number of hydrogen-bond donors (Lipinski definition) is 1. The Morgan fingerprint density at radius 3 is 2.15 bits per heavy atom. The normalized spacial score (nSPS) is 12.9. The Balaban J connectivity index is 2.08. The van der Waals surface area contributed by atoms with Crippen LogP contribution in [0.25, 0.3) is 0 Å². The lowest BCUT2D eigenvalue weighted by molar-refractivity contribution is -0.140. The fourth-order valence-electron chi connectivity index (χ4n) is 4.17. The predicted octanol–water partition coefficient (Wildman–Crippen LogP) is 6.36. The van der Waals surface area contributed by atoms with Gasteiger partial charge in [0.05, 0.1) is 10.6 Å². The van der Waals surface area contributed by atoms with Gasteiger partial charge in [0, 0.05) is 22.6 Å². The predicted molar refractivity (Wildman–Crippen MR) is 161 cm³/mol. The van der Waals surface area contributed by atoms with Crippen molar-refractivity contribution in [3.8, 4) is 0 Å². The molecule has 0 radical (unpaired) electrons. The minimum atomic E-state index is -4.30. The van der Waals surface area contributed by atoms with Gasteiger partial charge in [0.15, 0.2) is 0 Å². The maximum Gasteiger partial charge on any atom is 0.264 e. The molecule has 0 bridgehead atoms. The van der Waals surface area contributed by atoms with Gasteiger partial charge in [-0.1, -0.05) is 60.8 Å². The molecule has 0 aliphatic carbocycles. The highest BCUT2D eigenvalue weighted by atomic mass is 35.5. The molecule has 2 amide bonds. The first kappa shape index (κ1) is 32.4. The van der Waals surface area contributed by atoms with Crippen molar-refractivity contribution in [2.75, 3.05) is 10.8 Å². The molecule has 3 aromatic carbocycles. The van der Waals surface area contributed by atoms with Gasteiger partial charge in [-0.15, -0.1) is 0 Å². The van der Waals surface area contributed by atoms with E-state index in [1.165, 1.54) is 4.90 Å². The number of halogens is 3.